The molecule has 3 heteroatoms. The number of aryl methyl sites for hydroxylation is 2. The molecule has 0 aliphatic heterocycles. The van der Waals surface area contributed by atoms with E-state index in [4.69, 9.17) is 4.74 Å². The quantitative estimate of drug-likeness (QED) is 0.569. The van der Waals surface area contributed by atoms with Crippen LogP contribution in [0.4, 0.5) is 0 Å². The zero-order chi connectivity index (χ0) is 19.9. The van der Waals surface area contributed by atoms with Crippen molar-refractivity contribution in [2.75, 3.05) is 0 Å². The number of benzene rings is 3. The predicted octanol–water partition coefficient (Wildman–Crippen LogP) is 5.44. The van der Waals surface area contributed by atoms with Crippen molar-refractivity contribution in [1.82, 2.24) is 5.32 Å². The molecule has 0 aliphatic rings. The van der Waals surface area contributed by atoms with Crippen LogP contribution < -0.4 is 10.1 Å². The first-order valence-corrected chi connectivity index (χ1v) is 10.2. The SMILES string of the molecule is CCc1ccc(CC)c(CNC(=O)[C@@H](CC)Oc2ccc3ccccc3c2)c1. The first-order valence-electron chi connectivity index (χ1n) is 10.2. The van der Waals surface area contributed by atoms with Crippen LogP contribution in [0.15, 0.2) is 60.7 Å². The lowest BCUT2D eigenvalue weighted by Crippen LogP contribution is -2.37. The van der Waals surface area contributed by atoms with E-state index in [1.165, 1.54) is 16.7 Å². The molecule has 0 saturated heterocycles. The second-order valence-corrected chi connectivity index (χ2v) is 7.05. The highest BCUT2D eigenvalue weighted by atomic mass is 16.5. The van der Waals surface area contributed by atoms with Gasteiger partial charge in [0.05, 0.1) is 0 Å². The maximum absolute atomic E-state index is 12.7. The van der Waals surface area contributed by atoms with Gasteiger partial charge >= 0.3 is 0 Å². The Hall–Kier alpha value is -2.81. The van der Waals surface area contributed by atoms with Gasteiger partial charge in [0.2, 0.25) is 0 Å². The van der Waals surface area contributed by atoms with Gasteiger partial charge in [0, 0.05) is 6.54 Å². The lowest BCUT2D eigenvalue weighted by molar-refractivity contribution is -0.128. The van der Waals surface area contributed by atoms with Crippen molar-refractivity contribution < 1.29 is 9.53 Å². The molecule has 0 aromatic heterocycles. The van der Waals surface area contributed by atoms with Crippen molar-refractivity contribution in [3.05, 3.63) is 77.4 Å². The van der Waals surface area contributed by atoms with Crippen LogP contribution >= 0.6 is 0 Å². The minimum absolute atomic E-state index is 0.0698. The first-order chi connectivity index (χ1) is 13.6. The monoisotopic (exact) mass is 375 g/mol. The third-order valence-corrected chi connectivity index (χ3v) is 5.18. The summed E-state index contributed by atoms with van der Waals surface area (Å²) in [4.78, 5) is 12.7. The van der Waals surface area contributed by atoms with Gasteiger partial charge in [0.25, 0.3) is 5.91 Å². The standard InChI is InChI=1S/C25H29NO2/c1-4-18-11-12-19(5-2)22(15-18)17-26-25(27)24(6-3)28-23-14-13-20-9-7-8-10-21(20)16-23/h7-16,24H,4-6,17H2,1-3H3,(H,26,27)/t24-/m1/s1. The van der Waals surface area contributed by atoms with Gasteiger partial charge in [-0.05, 0) is 58.9 Å². The topological polar surface area (TPSA) is 38.3 Å². The predicted molar refractivity (Wildman–Crippen MR) is 116 cm³/mol. The van der Waals surface area contributed by atoms with E-state index in [-0.39, 0.29) is 5.91 Å². The van der Waals surface area contributed by atoms with Gasteiger partial charge in [-0.2, -0.15) is 0 Å². The lowest BCUT2D eigenvalue weighted by Gasteiger charge is -2.18. The molecule has 1 atom stereocenters. The van der Waals surface area contributed by atoms with E-state index in [2.05, 4.69) is 49.5 Å². The summed E-state index contributed by atoms with van der Waals surface area (Å²) in [7, 11) is 0. The molecule has 28 heavy (non-hydrogen) atoms. The van der Waals surface area contributed by atoms with E-state index < -0.39 is 6.10 Å². The molecule has 0 aliphatic carbocycles. The summed E-state index contributed by atoms with van der Waals surface area (Å²) < 4.78 is 6.01. The van der Waals surface area contributed by atoms with Gasteiger partial charge in [-0.3, -0.25) is 4.79 Å². The molecule has 0 spiro atoms. The van der Waals surface area contributed by atoms with Crippen LogP contribution in [0.5, 0.6) is 5.75 Å². The molecule has 0 bridgehead atoms. The first kappa shape index (κ1) is 19.9. The molecule has 0 unspecified atom stereocenters. The Morgan fingerprint density at radius 2 is 1.68 bits per heavy atom. The van der Waals surface area contributed by atoms with Gasteiger partial charge in [0.15, 0.2) is 6.10 Å². The summed E-state index contributed by atoms with van der Waals surface area (Å²) in [5, 5.41) is 5.34. The summed E-state index contributed by atoms with van der Waals surface area (Å²) in [6.07, 6.45) is 2.07. The molecule has 1 amide bonds. The van der Waals surface area contributed by atoms with E-state index in [0.29, 0.717) is 13.0 Å². The average molecular weight is 376 g/mol. The fourth-order valence-corrected chi connectivity index (χ4v) is 3.43. The largest absolute Gasteiger partial charge is 0.481 e. The van der Waals surface area contributed by atoms with Crippen LogP contribution in [0.2, 0.25) is 0 Å². The van der Waals surface area contributed by atoms with E-state index >= 15 is 0 Å². The van der Waals surface area contributed by atoms with Gasteiger partial charge in [-0.25, -0.2) is 0 Å². The molecule has 0 heterocycles. The van der Waals surface area contributed by atoms with Gasteiger partial charge in [0.1, 0.15) is 5.75 Å². The Morgan fingerprint density at radius 3 is 2.39 bits per heavy atom. The summed E-state index contributed by atoms with van der Waals surface area (Å²) in [5.41, 5.74) is 3.76. The Bertz CT molecular complexity index is 948. The van der Waals surface area contributed by atoms with Crippen LogP contribution in [0.3, 0.4) is 0 Å². The molecular formula is C25H29NO2. The highest BCUT2D eigenvalue weighted by Crippen LogP contribution is 2.22. The number of carbonyl (C=O) groups excluding carboxylic acids is 1. The number of nitrogens with one attached hydrogen (secondary N) is 1. The van der Waals surface area contributed by atoms with Crippen molar-refractivity contribution in [3.8, 4) is 5.75 Å². The van der Waals surface area contributed by atoms with E-state index in [1.807, 2.05) is 37.3 Å². The molecule has 0 fully saturated rings. The third-order valence-electron chi connectivity index (χ3n) is 5.18. The molecule has 146 valence electrons. The van der Waals surface area contributed by atoms with Crippen molar-refractivity contribution in [3.63, 3.8) is 0 Å². The fourth-order valence-electron chi connectivity index (χ4n) is 3.43. The number of hydrogen-bond acceptors (Lipinski definition) is 2. The summed E-state index contributed by atoms with van der Waals surface area (Å²) >= 11 is 0. The number of hydrogen-bond donors (Lipinski definition) is 1. The van der Waals surface area contributed by atoms with Crippen LogP contribution in [0, 0.1) is 0 Å². The Kier molecular flexibility index (Phi) is 6.70. The van der Waals surface area contributed by atoms with E-state index in [1.54, 1.807) is 0 Å². The Balaban J connectivity index is 1.68. The zero-order valence-corrected chi connectivity index (χ0v) is 17.0. The molecule has 1 N–H and O–H groups in total. The second-order valence-electron chi connectivity index (χ2n) is 7.05. The Labute approximate surface area is 167 Å². The molecule has 3 aromatic rings. The molecule has 3 aromatic carbocycles. The molecule has 0 radical (unpaired) electrons. The van der Waals surface area contributed by atoms with Gasteiger partial charge in [-0.15, -0.1) is 0 Å². The summed E-state index contributed by atoms with van der Waals surface area (Å²) in [6.45, 7) is 6.80. The van der Waals surface area contributed by atoms with Gasteiger partial charge < -0.3 is 10.1 Å². The average Bonchev–Trinajstić information content (AvgIpc) is 2.75. The summed E-state index contributed by atoms with van der Waals surface area (Å²) in [6, 6.07) is 20.6. The minimum atomic E-state index is -0.499. The lowest BCUT2D eigenvalue weighted by atomic mass is 10.0. The van der Waals surface area contributed by atoms with E-state index in [9.17, 15) is 4.79 Å². The number of fused-ring (bicyclic) bond motifs is 1. The number of ether oxygens (including phenoxy) is 1. The maximum atomic E-state index is 12.7. The third kappa shape index (κ3) is 4.72. The van der Waals surface area contributed by atoms with Crippen LogP contribution in [-0.2, 0) is 24.2 Å². The van der Waals surface area contributed by atoms with Crippen molar-refractivity contribution >= 4 is 16.7 Å². The van der Waals surface area contributed by atoms with Crippen LogP contribution in [0.1, 0.15) is 43.9 Å². The van der Waals surface area contributed by atoms with Crippen molar-refractivity contribution in [2.45, 2.75) is 52.7 Å². The summed E-state index contributed by atoms with van der Waals surface area (Å²) in [5.74, 6) is 0.655. The smallest absolute Gasteiger partial charge is 0.261 e. The highest BCUT2D eigenvalue weighted by Gasteiger charge is 2.18. The van der Waals surface area contributed by atoms with Crippen LogP contribution in [0.25, 0.3) is 10.8 Å². The van der Waals surface area contributed by atoms with Crippen molar-refractivity contribution in [2.24, 2.45) is 0 Å². The minimum Gasteiger partial charge on any atom is -0.481 e. The zero-order valence-electron chi connectivity index (χ0n) is 17.0. The number of carbonyl (C=O) groups is 1. The van der Waals surface area contributed by atoms with Gasteiger partial charge in [-0.1, -0.05) is 69.3 Å². The number of amides is 1. The number of rotatable bonds is 8. The second kappa shape index (κ2) is 9.41. The van der Waals surface area contributed by atoms with Crippen molar-refractivity contribution in [1.29, 1.82) is 0 Å². The molecule has 3 nitrogen and oxygen atoms in total. The maximum Gasteiger partial charge on any atom is 0.261 e. The molecule has 3 rings (SSSR count). The molecule has 0 saturated carbocycles. The Morgan fingerprint density at radius 1 is 0.893 bits per heavy atom. The van der Waals surface area contributed by atoms with Crippen LogP contribution in [-0.4, -0.2) is 12.0 Å². The molecular weight excluding hydrogens is 346 g/mol. The highest BCUT2D eigenvalue weighted by molar-refractivity contribution is 5.84. The normalized spacial score (nSPS) is 12.0. The van der Waals surface area contributed by atoms with E-state index in [0.717, 1.165) is 29.4 Å². The fraction of sp³-hybridized carbons (Fsp3) is 0.320.